The Morgan fingerprint density at radius 1 is 1.47 bits per heavy atom. The van der Waals surface area contributed by atoms with Crippen LogP contribution in [0.2, 0.25) is 0 Å². The van der Waals surface area contributed by atoms with Crippen molar-refractivity contribution >= 4 is 5.57 Å². The normalized spacial score (nSPS) is 16.2. The van der Waals surface area contributed by atoms with Gasteiger partial charge in [0.15, 0.2) is 0 Å². The van der Waals surface area contributed by atoms with Crippen molar-refractivity contribution < 1.29 is 4.74 Å². The summed E-state index contributed by atoms with van der Waals surface area (Å²) in [4.78, 5) is 4.40. The number of aromatic nitrogens is 1. The van der Waals surface area contributed by atoms with Gasteiger partial charge in [-0.3, -0.25) is 4.98 Å². The number of hydrogen-bond donors (Lipinski definition) is 1. The second kappa shape index (κ2) is 5.05. The zero-order chi connectivity index (χ0) is 10.5. The summed E-state index contributed by atoms with van der Waals surface area (Å²) >= 11 is 0. The van der Waals surface area contributed by atoms with Gasteiger partial charge in [-0.25, -0.2) is 0 Å². The standard InChI is InChI=1S/C12H16N2O/c1-13-9-12-3-2-11(8-14-12)10-4-6-15-7-5-10/h2-4,8,13H,5-7,9H2,1H3. The van der Waals surface area contributed by atoms with Gasteiger partial charge in [0.2, 0.25) is 0 Å². The molecule has 0 spiro atoms. The van der Waals surface area contributed by atoms with Crippen LogP contribution in [0.15, 0.2) is 24.4 Å². The molecule has 0 atom stereocenters. The highest BCUT2D eigenvalue weighted by Crippen LogP contribution is 2.20. The van der Waals surface area contributed by atoms with Crippen molar-refractivity contribution in [2.24, 2.45) is 0 Å². The summed E-state index contributed by atoms with van der Waals surface area (Å²) in [5.41, 5.74) is 3.65. The number of nitrogens with zero attached hydrogens (tertiary/aromatic N) is 1. The van der Waals surface area contributed by atoms with Gasteiger partial charge < -0.3 is 10.1 Å². The minimum absolute atomic E-state index is 0.730. The molecule has 1 aromatic heterocycles. The van der Waals surface area contributed by atoms with Crippen LogP contribution in [-0.2, 0) is 11.3 Å². The number of ether oxygens (including phenoxy) is 1. The molecule has 80 valence electrons. The van der Waals surface area contributed by atoms with Gasteiger partial charge in [0.1, 0.15) is 0 Å². The van der Waals surface area contributed by atoms with Crippen LogP contribution in [0.1, 0.15) is 17.7 Å². The lowest BCUT2D eigenvalue weighted by Crippen LogP contribution is -2.07. The maximum absolute atomic E-state index is 5.28. The zero-order valence-electron chi connectivity index (χ0n) is 8.99. The molecule has 2 heterocycles. The largest absolute Gasteiger partial charge is 0.377 e. The van der Waals surface area contributed by atoms with Crippen LogP contribution in [0.5, 0.6) is 0 Å². The molecule has 0 amide bonds. The van der Waals surface area contributed by atoms with E-state index in [1.54, 1.807) is 0 Å². The van der Waals surface area contributed by atoms with Crippen molar-refractivity contribution in [3.05, 3.63) is 35.7 Å². The predicted molar refractivity (Wildman–Crippen MR) is 60.4 cm³/mol. The van der Waals surface area contributed by atoms with Crippen LogP contribution in [0.25, 0.3) is 5.57 Å². The Kier molecular flexibility index (Phi) is 3.48. The maximum Gasteiger partial charge on any atom is 0.0653 e. The molecule has 0 radical (unpaired) electrons. The first-order chi connectivity index (χ1) is 7.40. The van der Waals surface area contributed by atoms with Crippen molar-refractivity contribution in [3.8, 4) is 0 Å². The smallest absolute Gasteiger partial charge is 0.0653 e. The minimum Gasteiger partial charge on any atom is -0.377 e. The van der Waals surface area contributed by atoms with E-state index in [4.69, 9.17) is 4.74 Å². The fourth-order valence-electron chi connectivity index (χ4n) is 1.69. The molecule has 0 bridgehead atoms. The molecule has 0 aliphatic carbocycles. The Labute approximate surface area is 90.2 Å². The first-order valence-corrected chi connectivity index (χ1v) is 5.27. The molecule has 0 fully saturated rings. The van der Waals surface area contributed by atoms with Gasteiger partial charge >= 0.3 is 0 Å². The molecule has 1 N–H and O–H groups in total. The van der Waals surface area contributed by atoms with Crippen LogP contribution in [0, 0.1) is 0 Å². The van der Waals surface area contributed by atoms with Gasteiger partial charge in [-0.2, -0.15) is 0 Å². The molecule has 1 aliphatic rings. The highest BCUT2D eigenvalue weighted by atomic mass is 16.5. The van der Waals surface area contributed by atoms with Crippen LogP contribution in [-0.4, -0.2) is 25.2 Å². The second-order valence-electron chi connectivity index (χ2n) is 3.62. The fourth-order valence-corrected chi connectivity index (χ4v) is 1.69. The van der Waals surface area contributed by atoms with Crippen molar-refractivity contribution in [2.75, 3.05) is 20.3 Å². The summed E-state index contributed by atoms with van der Waals surface area (Å²) in [5.74, 6) is 0. The van der Waals surface area contributed by atoms with Crippen LogP contribution < -0.4 is 5.32 Å². The number of rotatable bonds is 3. The van der Waals surface area contributed by atoms with Crippen molar-refractivity contribution in [3.63, 3.8) is 0 Å². The summed E-state index contributed by atoms with van der Waals surface area (Å²) in [7, 11) is 1.93. The van der Waals surface area contributed by atoms with E-state index in [2.05, 4.69) is 28.5 Å². The monoisotopic (exact) mass is 204 g/mol. The van der Waals surface area contributed by atoms with E-state index in [0.717, 1.165) is 31.9 Å². The zero-order valence-corrected chi connectivity index (χ0v) is 8.99. The number of nitrogens with one attached hydrogen (secondary N) is 1. The number of pyridine rings is 1. The fraction of sp³-hybridized carbons (Fsp3) is 0.417. The highest BCUT2D eigenvalue weighted by Gasteiger charge is 2.06. The molecule has 1 aliphatic heterocycles. The summed E-state index contributed by atoms with van der Waals surface area (Å²) in [6.07, 6.45) is 5.08. The highest BCUT2D eigenvalue weighted by molar-refractivity contribution is 5.65. The summed E-state index contributed by atoms with van der Waals surface area (Å²) in [6, 6.07) is 4.21. The molecule has 15 heavy (non-hydrogen) atoms. The molecule has 0 unspecified atom stereocenters. The molecular weight excluding hydrogens is 188 g/mol. The van der Waals surface area contributed by atoms with Crippen LogP contribution in [0.3, 0.4) is 0 Å². The molecule has 3 heteroatoms. The van der Waals surface area contributed by atoms with Gasteiger partial charge in [0, 0.05) is 12.7 Å². The average Bonchev–Trinajstić information content (AvgIpc) is 2.32. The molecule has 2 rings (SSSR count). The van der Waals surface area contributed by atoms with Gasteiger partial charge in [-0.1, -0.05) is 12.1 Å². The number of hydrogen-bond acceptors (Lipinski definition) is 3. The van der Waals surface area contributed by atoms with E-state index >= 15 is 0 Å². The van der Waals surface area contributed by atoms with E-state index in [9.17, 15) is 0 Å². The third kappa shape index (κ3) is 2.64. The van der Waals surface area contributed by atoms with E-state index in [1.165, 1.54) is 11.1 Å². The lowest BCUT2D eigenvalue weighted by Gasteiger charge is -2.13. The van der Waals surface area contributed by atoms with Gasteiger partial charge in [-0.05, 0) is 30.7 Å². The van der Waals surface area contributed by atoms with E-state index in [-0.39, 0.29) is 0 Å². The van der Waals surface area contributed by atoms with Crippen LogP contribution >= 0.6 is 0 Å². The summed E-state index contributed by atoms with van der Waals surface area (Å²) in [5, 5.41) is 3.09. The predicted octanol–water partition coefficient (Wildman–Crippen LogP) is 1.60. The molecule has 3 nitrogen and oxygen atoms in total. The Bertz CT molecular complexity index is 343. The van der Waals surface area contributed by atoms with E-state index in [1.807, 2.05) is 13.2 Å². The maximum atomic E-state index is 5.28. The van der Waals surface area contributed by atoms with E-state index < -0.39 is 0 Å². The lowest BCUT2D eigenvalue weighted by molar-refractivity contribution is 0.161. The Hall–Kier alpha value is -1.19. The average molecular weight is 204 g/mol. The molecular formula is C12H16N2O. The quantitative estimate of drug-likeness (QED) is 0.812. The molecule has 0 saturated carbocycles. The Balaban J connectivity index is 2.12. The van der Waals surface area contributed by atoms with E-state index in [0.29, 0.717) is 0 Å². The minimum atomic E-state index is 0.730. The second-order valence-corrected chi connectivity index (χ2v) is 3.62. The Morgan fingerprint density at radius 2 is 2.40 bits per heavy atom. The van der Waals surface area contributed by atoms with Gasteiger partial charge in [-0.15, -0.1) is 0 Å². The third-order valence-electron chi connectivity index (χ3n) is 2.52. The first kappa shape index (κ1) is 10.3. The topological polar surface area (TPSA) is 34.1 Å². The summed E-state index contributed by atoms with van der Waals surface area (Å²) in [6.45, 7) is 2.38. The van der Waals surface area contributed by atoms with Crippen molar-refractivity contribution in [1.29, 1.82) is 0 Å². The molecule has 1 aromatic rings. The van der Waals surface area contributed by atoms with Crippen molar-refractivity contribution in [2.45, 2.75) is 13.0 Å². The Morgan fingerprint density at radius 3 is 3.00 bits per heavy atom. The molecule has 0 aromatic carbocycles. The third-order valence-corrected chi connectivity index (χ3v) is 2.52. The van der Waals surface area contributed by atoms with Crippen molar-refractivity contribution in [1.82, 2.24) is 10.3 Å². The SMILES string of the molecule is CNCc1ccc(C2=CCOCC2)cn1. The lowest BCUT2D eigenvalue weighted by atomic mass is 10.0. The van der Waals surface area contributed by atoms with Gasteiger partial charge in [0.25, 0.3) is 0 Å². The summed E-state index contributed by atoms with van der Waals surface area (Å²) < 4.78 is 5.28. The van der Waals surface area contributed by atoms with Crippen LogP contribution in [0.4, 0.5) is 0 Å². The molecule has 0 saturated heterocycles. The first-order valence-electron chi connectivity index (χ1n) is 5.27. The van der Waals surface area contributed by atoms with Gasteiger partial charge in [0.05, 0.1) is 18.9 Å².